The second-order valence-corrected chi connectivity index (χ2v) is 13.9. The van der Waals surface area contributed by atoms with E-state index in [0.29, 0.717) is 31.3 Å². The van der Waals surface area contributed by atoms with Gasteiger partial charge in [0.25, 0.3) is 5.91 Å². The molecule has 0 heterocycles. The van der Waals surface area contributed by atoms with Crippen LogP contribution in [0.2, 0.25) is 0 Å². The van der Waals surface area contributed by atoms with Crippen molar-refractivity contribution in [3.05, 3.63) is 101 Å². The van der Waals surface area contributed by atoms with Gasteiger partial charge in [0, 0.05) is 19.5 Å². The maximum absolute atomic E-state index is 13.7. The third-order valence-electron chi connectivity index (χ3n) is 8.18. The lowest BCUT2D eigenvalue weighted by Crippen LogP contribution is -2.55. The number of allylic oxidation sites excluding steroid dienone is 1. The molecule has 0 saturated carbocycles. The zero-order valence-corrected chi connectivity index (χ0v) is 32.0. The first-order valence-electron chi connectivity index (χ1n) is 18.4. The second-order valence-electron chi connectivity index (χ2n) is 13.9. The summed E-state index contributed by atoms with van der Waals surface area (Å²) in [6.07, 6.45) is 6.05. The summed E-state index contributed by atoms with van der Waals surface area (Å²) in [6, 6.07) is 15.5. The summed E-state index contributed by atoms with van der Waals surface area (Å²) >= 11 is 0. The third-order valence-corrected chi connectivity index (χ3v) is 8.18. The molecule has 14 heteroatoms. The first-order valence-corrected chi connectivity index (χ1v) is 18.4. The molecule has 0 bridgehead atoms. The van der Waals surface area contributed by atoms with Gasteiger partial charge in [-0.3, -0.25) is 14.4 Å². The van der Waals surface area contributed by atoms with Crippen molar-refractivity contribution < 1.29 is 43.0 Å². The molecule has 1 aliphatic carbocycles. The minimum absolute atomic E-state index is 0.133. The average Bonchev–Trinajstić information content (AvgIpc) is 3.71. The van der Waals surface area contributed by atoms with E-state index in [1.54, 1.807) is 39.0 Å². The van der Waals surface area contributed by atoms with E-state index in [4.69, 9.17) is 14.2 Å². The fraction of sp³-hybridized carbons (Fsp3) is 0.439. The molecule has 0 aliphatic heterocycles. The van der Waals surface area contributed by atoms with Crippen molar-refractivity contribution in [1.82, 2.24) is 26.6 Å². The molecule has 0 fully saturated rings. The fourth-order valence-corrected chi connectivity index (χ4v) is 5.40. The molecular weight excluding hydrogens is 706 g/mol. The van der Waals surface area contributed by atoms with Gasteiger partial charge in [-0.15, -0.1) is 5.73 Å². The van der Waals surface area contributed by atoms with E-state index in [2.05, 4.69) is 32.3 Å². The molecule has 55 heavy (non-hydrogen) atoms. The molecule has 0 radical (unpaired) electrons. The lowest BCUT2D eigenvalue weighted by molar-refractivity contribution is -0.144. The first-order chi connectivity index (χ1) is 26.3. The summed E-state index contributed by atoms with van der Waals surface area (Å²) < 4.78 is 15.5. The molecule has 0 aromatic heterocycles. The maximum Gasteiger partial charge on any atom is 0.408 e. The van der Waals surface area contributed by atoms with Crippen molar-refractivity contribution in [2.45, 2.75) is 96.1 Å². The van der Waals surface area contributed by atoms with Gasteiger partial charge in [0.1, 0.15) is 30.3 Å². The zero-order valence-electron chi connectivity index (χ0n) is 32.0. The van der Waals surface area contributed by atoms with Crippen LogP contribution in [0.4, 0.5) is 9.59 Å². The Hall–Kier alpha value is -5.88. The summed E-state index contributed by atoms with van der Waals surface area (Å²) in [4.78, 5) is 77.0. The molecule has 5 amide bonds. The number of rotatable bonds is 21. The van der Waals surface area contributed by atoms with E-state index in [1.807, 2.05) is 60.7 Å². The summed E-state index contributed by atoms with van der Waals surface area (Å²) in [5.41, 5.74) is 3.95. The Bertz CT molecular complexity index is 1680. The standard InChI is InChI=1S/C41H53N5O9/c1-41(2,3)55-40(52)46-34(27-29-17-7-5-8-18-29)37(49)44-32(23-13-16-26-43-39(51)54-28-30-19-9-6-10-20-30)36(48)42-25-15-14-24-33(38(50)53-4)45-35(47)31-21-11-12-22-31/h5-12,17-21,32-34H,13-16,23-28H2,1-4H3,(H,42,48)(H,43,51)(H,44,49)(H,45,47)(H,46,52)/t32-,33-,34-/m0/s1. The molecule has 296 valence electrons. The second kappa shape index (κ2) is 23.0. The Morgan fingerprint density at radius 2 is 1.31 bits per heavy atom. The van der Waals surface area contributed by atoms with Crippen LogP contribution in [0.25, 0.3) is 0 Å². The highest BCUT2D eigenvalue weighted by molar-refractivity contribution is 5.98. The highest BCUT2D eigenvalue weighted by atomic mass is 16.6. The van der Waals surface area contributed by atoms with Crippen molar-refractivity contribution in [1.29, 1.82) is 0 Å². The molecule has 1 aliphatic rings. The normalized spacial score (nSPS) is 13.3. The smallest absolute Gasteiger partial charge is 0.408 e. The molecule has 2 aromatic rings. The SMILES string of the molecule is COC(=O)[C@H](CCCCNC(=O)[C@H](CCCCNC(=O)OCc1ccccc1)NC(=O)[C@H](Cc1ccccc1)NC(=O)OC(C)(C)C)NC(=O)C1=C=CC=C1. The number of hydrogen-bond acceptors (Lipinski definition) is 9. The van der Waals surface area contributed by atoms with Gasteiger partial charge in [-0.1, -0.05) is 66.7 Å². The molecule has 0 unspecified atom stereocenters. The van der Waals surface area contributed by atoms with Gasteiger partial charge in [0.05, 0.1) is 12.7 Å². The lowest BCUT2D eigenvalue weighted by Gasteiger charge is -2.25. The van der Waals surface area contributed by atoms with Crippen LogP contribution in [0.5, 0.6) is 0 Å². The van der Waals surface area contributed by atoms with Gasteiger partial charge in [-0.05, 0) is 82.6 Å². The van der Waals surface area contributed by atoms with E-state index in [1.165, 1.54) is 7.11 Å². The topological polar surface area (TPSA) is 190 Å². The van der Waals surface area contributed by atoms with E-state index in [-0.39, 0.29) is 39.0 Å². The number of carbonyl (C=O) groups excluding carboxylic acids is 6. The highest BCUT2D eigenvalue weighted by Crippen LogP contribution is 2.11. The van der Waals surface area contributed by atoms with Gasteiger partial charge >= 0.3 is 18.2 Å². The number of esters is 1. The predicted octanol–water partition coefficient (Wildman–Crippen LogP) is 4.30. The molecule has 2 aromatic carbocycles. The number of hydrogen-bond donors (Lipinski definition) is 5. The largest absolute Gasteiger partial charge is 0.467 e. The van der Waals surface area contributed by atoms with Crippen molar-refractivity contribution in [2.75, 3.05) is 20.2 Å². The van der Waals surface area contributed by atoms with Crippen LogP contribution in [0.15, 0.2) is 90.2 Å². The van der Waals surface area contributed by atoms with E-state index >= 15 is 0 Å². The maximum atomic E-state index is 13.7. The number of unbranched alkanes of at least 4 members (excludes halogenated alkanes) is 2. The Morgan fingerprint density at radius 3 is 1.91 bits per heavy atom. The number of nitrogens with one attached hydrogen (secondary N) is 5. The van der Waals surface area contributed by atoms with Crippen LogP contribution in [0.3, 0.4) is 0 Å². The first kappa shape index (κ1) is 43.5. The van der Waals surface area contributed by atoms with Crippen molar-refractivity contribution in [3.63, 3.8) is 0 Å². The van der Waals surface area contributed by atoms with Gasteiger partial charge in [0.15, 0.2) is 0 Å². The molecule has 3 atom stereocenters. The van der Waals surface area contributed by atoms with Crippen LogP contribution < -0.4 is 26.6 Å². The van der Waals surface area contributed by atoms with Crippen molar-refractivity contribution in [3.8, 4) is 0 Å². The Balaban J connectivity index is 1.60. The quantitative estimate of drug-likeness (QED) is 0.0535. The summed E-state index contributed by atoms with van der Waals surface area (Å²) in [7, 11) is 1.24. The van der Waals surface area contributed by atoms with Crippen LogP contribution in [-0.4, -0.2) is 79.8 Å². The number of carbonyl (C=O) groups is 6. The van der Waals surface area contributed by atoms with E-state index in [9.17, 15) is 28.8 Å². The van der Waals surface area contributed by atoms with Crippen molar-refractivity contribution in [2.24, 2.45) is 0 Å². The highest BCUT2D eigenvalue weighted by Gasteiger charge is 2.29. The van der Waals surface area contributed by atoms with E-state index < -0.39 is 59.6 Å². The number of alkyl carbamates (subject to hydrolysis) is 2. The molecular formula is C41H53N5O9. The predicted molar refractivity (Wildman–Crippen MR) is 205 cm³/mol. The fourth-order valence-electron chi connectivity index (χ4n) is 5.40. The van der Waals surface area contributed by atoms with Crippen LogP contribution in [-0.2, 0) is 46.4 Å². The van der Waals surface area contributed by atoms with Gasteiger partial charge in [-0.2, -0.15) is 0 Å². The summed E-state index contributed by atoms with van der Waals surface area (Å²) in [5.74, 6) is -2.05. The zero-order chi connectivity index (χ0) is 40.1. The van der Waals surface area contributed by atoms with Gasteiger partial charge in [-0.25, -0.2) is 14.4 Å². The molecule has 0 saturated heterocycles. The molecule has 5 N–H and O–H groups in total. The average molecular weight is 760 g/mol. The monoisotopic (exact) mass is 759 g/mol. The number of methoxy groups -OCH3 is 1. The van der Waals surface area contributed by atoms with Gasteiger partial charge in [0.2, 0.25) is 11.8 Å². The Morgan fingerprint density at radius 1 is 0.691 bits per heavy atom. The van der Waals surface area contributed by atoms with Crippen LogP contribution >= 0.6 is 0 Å². The number of benzene rings is 2. The number of ether oxygens (including phenoxy) is 3. The Kier molecular flexibility index (Phi) is 18.2. The minimum Gasteiger partial charge on any atom is -0.467 e. The Labute approximate surface area is 322 Å². The molecule has 3 rings (SSSR count). The lowest BCUT2D eigenvalue weighted by atomic mass is 10.0. The summed E-state index contributed by atoms with van der Waals surface area (Å²) in [5, 5.41) is 13.7. The molecule has 0 spiro atoms. The van der Waals surface area contributed by atoms with Gasteiger partial charge < -0.3 is 40.8 Å². The molecule has 14 nitrogen and oxygen atoms in total. The minimum atomic E-state index is -1.05. The number of amides is 5. The van der Waals surface area contributed by atoms with Crippen molar-refractivity contribution >= 4 is 35.9 Å². The summed E-state index contributed by atoms with van der Waals surface area (Å²) in [6.45, 7) is 5.79. The third kappa shape index (κ3) is 17.2. The van der Waals surface area contributed by atoms with Crippen LogP contribution in [0, 0.1) is 0 Å². The van der Waals surface area contributed by atoms with E-state index in [0.717, 1.165) is 11.1 Å². The van der Waals surface area contributed by atoms with Crippen LogP contribution in [0.1, 0.15) is 70.4 Å².